The van der Waals surface area contributed by atoms with Crippen molar-refractivity contribution in [1.29, 1.82) is 0 Å². The Balaban J connectivity index is 1.77. The van der Waals surface area contributed by atoms with Crippen molar-refractivity contribution in [1.82, 2.24) is 14.9 Å². The van der Waals surface area contributed by atoms with Crippen molar-refractivity contribution in [2.24, 2.45) is 7.05 Å². The highest BCUT2D eigenvalue weighted by atomic mass is 32.1. The first-order valence-electron chi connectivity index (χ1n) is 5.97. The molecule has 96 valence electrons. The van der Waals surface area contributed by atoms with Crippen molar-refractivity contribution >= 4 is 27.5 Å². The number of aryl methyl sites for hydroxylation is 1. The Bertz CT molecular complexity index is 715. The maximum Gasteiger partial charge on any atom is 0.268 e. The van der Waals surface area contributed by atoms with E-state index in [1.54, 1.807) is 17.5 Å². The van der Waals surface area contributed by atoms with E-state index in [0.717, 1.165) is 15.9 Å². The topological polar surface area (TPSA) is 46.9 Å². The smallest absolute Gasteiger partial charge is 0.268 e. The number of amides is 1. The molecular weight excluding hydrogens is 258 g/mol. The van der Waals surface area contributed by atoms with Gasteiger partial charge in [0.25, 0.3) is 5.91 Å². The molecule has 0 aliphatic rings. The molecule has 0 spiro atoms. The van der Waals surface area contributed by atoms with Crippen molar-refractivity contribution in [3.63, 3.8) is 0 Å². The molecule has 0 unspecified atom stereocenters. The predicted octanol–water partition coefficient (Wildman–Crippen LogP) is 2.56. The third-order valence-corrected chi connectivity index (χ3v) is 3.91. The third-order valence-electron chi connectivity index (χ3n) is 3.05. The zero-order valence-corrected chi connectivity index (χ0v) is 11.3. The quantitative estimate of drug-likeness (QED) is 0.796. The van der Waals surface area contributed by atoms with E-state index in [0.29, 0.717) is 12.2 Å². The van der Waals surface area contributed by atoms with Crippen molar-refractivity contribution in [2.75, 3.05) is 0 Å². The molecule has 1 N–H and O–H groups in total. The van der Waals surface area contributed by atoms with Crippen LogP contribution in [0, 0.1) is 0 Å². The van der Waals surface area contributed by atoms with E-state index in [1.165, 1.54) is 0 Å². The van der Waals surface area contributed by atoms with E-state index in [4.69, 9.17) is 0 Å². The average molecular weight is 271 g/mol. The van der Waals surface area contributed by atoms with Crippen molar-refractivity contribution in [3.8, 4) is 0 Å². The Labute approximate surface area is 114 Å². The lowest BCUT2D eigenvalue weighted by Crippen LogP contribution is -2.25. The first kappa shape index (κ1) is 11.9. The molecule has 0 aliphatic heterocycles. The van der Waals surface area contributed by atoms with Gasteiger partial charge in [-0.2, -0.15) is 0 Å². The highest BCUT2D eigenvalue weighted by Gasteiger charge is 2.13. The van der Waals surface area contributed by atoms with Crippen LogP contribution in [-0.2, 0) is 13.6 Å². The Morgan fingerprint density at radius 2 is 2.32 bits per heavy atom. The molecule has 3 rings (SSSR count). The number of thiophene rings is 1. The van der Waals surface area contributed by atoms with Gasteiger partial charge in [-0.1, -0.05) is 6.07 Å². The number of fused-ring (bicyclic) bond motifs is 1. The van der Waals surface area contributed by atoms with Gasteiger partial charge in [-0.3, -0.25) is 9.78 Å². The van der Waals surface area contributed by atoms with E-state index in [9.17, 15) is 4.79 Å². The van der Waals surface area contributed by atoms with Gasteiger partial charge in [-0.05, 0) is 29.6 Å². The van der Waals surface area contributed by atoms with E-state index >= 15 is 0 Å². The summed E-state index contributed by atoms with van der Waals surface area (Å²) in [5.41, 5.74) is 2.62. The number of aromatic nitrogens is 2. The maximum absolute atomic E-state index is 12.2. The van der Waals surface area contributed by atoms with Crippen LogP contribution in [0.4, 0.5) is 0 Å². The first-order chi connectivity index (χ1) is 9.25. The van der Waals surface area contributed by atoms with Crippen LogP contribution in [0.5, 0.6) is 0 Å². The fraction of sp³-hybridized carbons (Fsp3) is 0.143. The summed E-state index contributed by atoms with van der Waals surface area (Å²) in [6, 6.07) is 9.61. The summed E-state index contributed by atoms with van der Waals surface area (Å²) in [5.74, 6) is -0.0726. The molecule has 0 saturated heterocycles. The summed E-state index contributed by atoms with van der Waals surface area (Å²) in [7, 11) is 1.91. The number of hydrogen-bond donors (Lipinski definition) is 1. The highest BCUT2D eigenvalue weighted by molar-refractivity contribution is 7.17. The van der Waals surface area contributed by atoms with E-state index in [2.05, 4.69) is 10.3 Å². The lowest BCUT2D eigenvalue weighted by atomic mass is 10.3. The van der Waals surface area contributed by atoms with Gasteiger partial charge in [0.15, 0.2) is 0 Å². The predicted molar refractivity (Wildman–Crippen MR) is 76.2 cm³/mol. The van der Waals surface area contributed by atoms with Gasteiger partial charge < -0.3 is 9.88 Å². The highest BCUT2D eigenvalue weighted by Crippen LogP contribution is 2.23. The molecule has 4 nitrogen and oxygen atoms in total. The van der Waals surface area contributed by atoms with Gasteiger partial charge in [-0.15, -0.1) is 11.3 Å². The van der Waals surface area contributed by atoms with Gasteiger partial charge in [0.1, 0.15) is 5.69 Å². The molecule has 0 saturated carbocycles. The minimum atomic E-state index is -0.0726. The molecule has 0 aliphatic carbocycles. The summed E-state index contributed by atoms with van der Waals surface area (Å²) in [5, 5.41) is 4.92. The Kier molecular flexibility index (Phi) is 3.05. The lowest BCUT2D eigenvalue weighted by Gasteiger charge is -2.05. The summed E-state index contributed by atoms with van der Waals surface area (Å²) in [4.78, 5) is 16.3. The molecule has 0 aromatic carbocycles. The second kappa shape index (κ2) is 4.85. The monoisotopic (exact) mass is 271 g/mol. The Morgan fingerprint density at radius 1 is 1.42 bits per heavy atom. The van der Waals surface area contributed by atoms with E-state index in [1.807, 2.05) is 47.3 Å². The molecule has 19 heavy (non-hydrogen) atoms. The lowest BCUT2D eigenvalue weighted by molar-refractivity contribution is 0.0942. The van der Waals surface area contributed by atoms with Crippen LogP contribution >= 0.6 is 11.3 Å². The Hall–Kier alpha value is -2.14. The largest absolute Gasteiger partial charge is 0.345 e. The van der Waals surface area contributed by atoms with Crippen molar-refractivity contribution in [2.45, 2.75) is 6.54 Å². The number of carbonyl (C=O) groups is 1. The van der Waals surface area contributed by atoms with Crippen molar-refractivity contribution in [3.05, 3.63) is 53.3 Å². The van der Waals surface area contributed by atoms with Crippen LogP contribution in [0.15, 0.2) is 41.9 Å². The molecule has 0 radical (unpaired) electrons. The van der Waals surface area contributed by atoms with Gasteiger partial charge in [0, 0.05) is 13.2 Å². The van der Waals surface area contributed by atoms with Crippen molar-refractivity contribution < 1.29 is 4.79 Å². The molecule has 0 bridgehead atoms. The fourth-order valence-corrected chi connectivity index (χ4v) is 2.88. The molecule has 1 amide bonds. The number of nitrogens with zero attached hydrogens (tertiary/aromatic N) is 2. The summed E-state index contributed by atoms with van der Waals surface area (Å²) in [6.45, 7) is 0.443. The number of carbonyl (C=O) groups excluding carboxylic acids is 1. The number of rotatable bonds is 3. The second-order valence-electron chi connectivity index (χ2n) is 4.26. The normalized spacial score (nSPS) is 10.8. The van der Waals surface area contributed by atoms with Gasteiger partial charge in [0.05, 0.1) is 22.5 Å². The van der Waals surface area contributed by atoms with E-state index < -0.39 is 0 Å². The summed E-state index contributed by atoms with van der Waals surface area (Å²) < 4.78 is 3.05. The number of nitrogens with one attached hydrogen (secondary N) is 1. The number of hydrogen-bond acceptors (Lipinski definition) is 3. The summed E-state index contributed by atoms with van der Waals surface area (Å²) in [6.07, 6.45) is 1.72. The van der Waals surface area contributed by atoms with Crippen LogP contribution in [-0.4, -0.2) is 15.5 Å². The maximum atomic E-state index is 12.2. The SMILES string of the molecule is Cn1c(C(=O)NCc2ccccn2)cc2sccc21. The minimum absolute atomic E-state index is 0.0726. The van der Waals surface area contributed by atoms with E-state index in [-0.39, 0.29) is 5.91 Å². The summed E-state index contributed by atoms with van der Waals surface area (Å²) >= 11 is 1.64. The molecule has 3 aromatic rings. The van der Waals surface area contributed by atoms with Crippen LogP contribution in [0.1, 0.15) is 16.2 Å². The number of pyridine rings is 1. The van der Waals surface area contributed by atoms with Gasteiger partial charge >= 0.3 is 0 Å². The first-order valence-corrected chi connectivity index (χ1v) is 6.84. The molecule has 5 heteroatoms. The molecular formula is C14H13N3OS. The molecule has 0 fully saturated rings. The van der Waals surface area contributed by atoms with Gasteiger partial charge in [0.2, 0.25) is 0 Å². The van der Waals surface area contributed by atoms with Crippen LogP contribution in [0.2, 0.25) is 0 Å². The molecule has 3 heterocycles. The second-order valence-corrected chi connectivity index (χ2v) is 5.21. The average Bonchev–Trinajstić information content (AvgIpc) is 3.01. The Morgan fingerprint density at radius 3 is 3.05 bits per heavy atom. The fourth-order valence-electron chi connectivity index (χ4n) is 2.03. The third kappa shape index (κ3) is 2.24. The van der Waals surface area contributed by atoms with Gasteiger partial charge in [-0.25, -0.2) is 0 Å². The van der Waals surface area contributed by atoms with Crippen LogP contribution < -0.4 is 5.32 Å². The minimum Gasteiger partial charge on any atom is -0.345 e. The zero-order chi connectivity index (χ0) is 13.2. The van der Waals surface area contributed by atoms with Crippen LogP contribution in [0.3, 0.4) is 0 Å². The van der Waals surface area contributed by atoms with Crippen LogP contribution in [0.25, 0.3) is 10.2 Å². The standard InChI is InChI=1S/C14H13N3OS/c1-17-11-5-7-19-13(11)8-12(17)14(18)16-9-10-4-2-3-6-15-10/h2-8H,9H2,1H3,(H,16,18). The molecule has 3 aromatic heterocycles. The molecule has 0 atom stereocenters. The zero-order valence-electron chi connectivity index (χ0n) is 10.5.